The highest BCUT2D eigenvalue weighted by atomic mass is 16.5. The Morgan fingerprint density at radius 3 is 2.25 bits per heavy atom. The highest BCUT2D eigenvalue weighted by Gasteiger charge is 2.26. The molecule has 6 nitrogen and oxygen atoms in total. The molecule has 0 radical (unpaired) electrons. The summed E-state index contributed by atoms with van der Waals surface area (Å²) in [5.74, 6) is 0.342. The Labute approximate surface area is 188 Å². The van der Waals surface area contributed by atoms with Crippen LogP contribution in [0.25, 0.3) is 0 Å². The summed E-state index contributed by atoms with van der Waals surface area (Å²) >= 11 is 0. The molecule has 3 aromatic carbocycles. The largest absolute Gasteiger partial charge is 0.496 e. The van der Waals surface area contributed by atoms with Gasteiger partial charge in [-0.05, 0) is 37.1 Å². The number of hydrogen-bond donors (Lipinski definition) is 1. The number of hydrogen-bond acceptors (Lipinski definition) is 5. The lowest BCUT2D eigenvalue weighted by atomic mass is 10.1. The fourth-order valence-corrected chi connectivity index (χ4v) is 3.29. The standard InChI is InChI=1S/C26H27NO5/c1-3-31-23-16-10-8-14-21(23)27-26(29)25(20-12-5-4-6-13-20)32-24(28)18-17-19-11-7-9-15-22(19)30-2/h4-16,25H,3,17-18H2,1-2H3,(H,27,29). The molecule has 0 aliphatic heterocycles. The Hall–Kier alpha value is -3.80. The van der Waals surface area contributed by atoms with Crippen LogP contribution in [0.3, 0.4) is 0 Å². The van der Waals surface area contributed by atoms with E-state index in [2.05, 4.69) is 5.32 Å². The van der Waals surface area contributed by atoms with Crippen molar-refractivity contribution < 1.29 is 23.8 Å². The summed E-state index contributed by atoms with van der Waals surface area (Å²) < 4.78 is 16.5. The van der Waals surface area contributed by atoms with E-state index >= 15 is 0 Å². The van der Waals surface area contributed by atoms with Crippen molar-refractivity contribution in [1.82, 2.24) is 0 Å². The van der Waals surface area contributed by atoms with Crippen molar-refractivity contribution in [1.29, 1.82) is 0 Å². The second-order valence-electron chi connectivity index (χ2n) is 7.01. The summed E-state index contributed by atoms with van der Waals surface area (Å²) in [4.78, 5) is 25.8. The molecule has 0 bridgehead atoms. The number of carbonyl (C=O) groups is 2. The number of nitrogens with one attached hydrogen (secondary N) is 1. The molecule has 1 N–H and O–H groups in total. The van der Waals surface area contributed by atoms with Crippen molar-refractivity contribution in [2.45, 2.75) is 25.9 Å². The number of methoxy groups -OCH3 is 1. The van der Waals surface area contributed by atoms with Gasteiger partial charge in [-0.15, -0.1) is 0 Å². The van der Waals surface area contributed by atoms with Crippen molar-refractivity contribution >= 4 is 17.6 Å². The van der Waals surface area contributed by atoms with Gasteiger partial charge in [0.1, 0.15) is 11.5 Å². The van der Waals surface area contributed by atoms with E-state index in [1.807, 2.05) is 43.3 Å². The smallest absolute Gasteiger partial charge is 0.307 e. The van der Waals surface area contributed by atoms with E-state index in [-0.39, 0.29) is 6.42 Å². The summed E-state index contributed by atoms with van der Waals surface area (Å²) in [6.45, 7) is 2.34. The molecular formula is C26H27NO5. The lowest BCUT2D eigenvalue weighted by Gasteiger charge is -2.19. The molecule has 0 fully saturated rings. The van der Waals surface area contributed by atoms with Gasteiger partial charge in [0.25, 0.3) is 5.91 Å². The SMILES string of the molecule is CCOc1ccccc1NC(=O)C(OC(=O)CCc1ccccc1OC)c1ccccc1. The minimum absolute atomic E-state index is 0.118. The first kappa shape index (κ1) is 22.9. The minimum Gasteiger partial charge on any atom is -0.496 e. The first-order chi connectivity index (χ1) is 15.6. The number of ether oxygens (including phenoxy) is 3. The van der Waals surface area contributed by atoms with Crippen LogP contribution in [-0.4, -0.2) is 25.6 Å². The first-order valence-corrected chi connectivity index (χ1v) is 10.5. The monoisotopic (exact) mass is 433 g/mol. The van der Waals surface area contributed by atoms with Gasteiger partial charge in [0, 0.05) is 12.0 Å². The Balaban J connectivity index is 1.73. The third-order valence-corrected chi connectivity index (χ3v) is 4.83. The first-order valence-electron chi connectivity index (χ1n) is 10.5. The maximum atomic E-state index is 13.1. The van der Waals surface area contributed by atoms with Crippen LogP contribution in [0.2, 0.25) is 0 Å². The summed E-state index contributed by atoms with van der Waals surface area (Å²) in [5, 5.41) is 2.83. The Kier molecular flexibility index (Phi) is 8.26. The van der Waals surface area contributed by atoms with Crippen LogP contribution in [-0.2, 0) is 20.7 Å². The molecule has 1 unspecified atom stereocenters. The molecule has 0 heterocycles. The van der Waals surface area contributed by atoms with Gasteiger partial charge in [-0.3, -0.25) is 9.59 Å². The van der Waals surface area contributed by atoms with Crippen LogP contribution in [0.15, 0.2) is 78.9 Å². The molecule has 0 saturated carbocycles. The van der Waals surface area contributed by atoms with Crippen molar-refractivity contribution in [2.24, 2.45) is 0 Å². The van der Waals surface area contributed by atoms with Crippen molar-refractivity contribution in [3.8, 4) is 11.5 Å². The van der Waals surface area contributed by atoms with Gasteiger partial charge in [-0.1, -0.05) is 60.7 Å². The van der Waals surface area contributed by atoms with Gasteiger partial charge >= 0.3 is 5.97 Å². The van der Waals surface area contributed by atoms with E-state index < -0.39 is 18.0 Å². The predicted octanol–water partition coefficient (Wildman–Crippen LogP) is 4.95. The molecule has 0 aliphatic rings. The molecule has 0 spiro atoms. The van der Waals surface area contributed by atoms with Crippen molar-refractivity contribution in [3.05, 3.63) is 90.0 Å². The van der Waals surface area contributed by atoms with Crippen molar-refractivity contribution in [3.63, 3.8) is 0 Å². The summed E-state index contributed by atoms with van der Waals surface area (Å²) in [6, 6.07) is 23.6. The zero-order valence-electron chi connectivity index (χ0n) is 18.2. The minimum atomic E-state index is -1.09. The van der Waals surface area contributed by atoms with Crippen LogP contribution in [0.5, 0.6) is 11.5 Å². The Morgan fingerprint density at radius 1 is 0.875 bits per heavy atom. The lowest BCUT2D eigenvalue weighted by molar-refractivity contribution is -0.154. The van der Waals surface area contributed by atoms with Gasteiger partial charge in [0.05, 0.1) is 19.4 Å². The average Bonchev–Trinajstić information content (AvgIpc) is 2.83. The third kappa shape index (κ3) is 6.11. The molecule has 0 aromatic heterocycles. The molecule has 166 valence electrons. The Morgan fingerprint density at radius 2 is 1.53 bits per heavy atom. The number of benzene rings is 3. The van der Waals surface area contributed by atoms with Crippen LogP contribution in [0.4, 0.5) is 5.69 Å². The average molecular weight is 434 g/mol. The maximum Gasteiger partial charge on any atom is 0.307 e. The molecule has 1 amide bonds. The molecule has 3 aromatic rings. The fourth-order valence-electron chi connectivity index (χ4n) is 3.29. The van der Waals surface area contributed by atoms with Crippen LogP contribution >= 0.6 is 0 Å². The number of esters is 1. The van der Waals surface area contributed by atoms with Crippen LogP contribution < -0.4 is 14.8 Å². The lowest BCUT2D eigenvalue weighted by Crippen LogP contribution is -2.26. The zero-order valence-corrected chi connectivity index (χ0v) is 18.2. The van der Waals surface area contributed by atoms with E-state index in [0.29, 0.717) is 35.8 Å². The third-order valence-electron chi connectivity index (χ3n) is 4.83. The zero-order chi connectivity index (χ0) is 22.8. The van der Waals surface area contributed by atoms with E-state index in [4.69, 9.17) is 14.2 Å². The number of carbonyl (C=O) groups excluding carboxylic acids is 2. The molecule has 0 saturated heterocycles. The molecular weight excluding hydrogens is 406 g/mol. The summed E-state index contributed by atoms with van der Waals surface area (Å²) in [6.07, 6.45) is -0.526. The number of amides is 1. The molecule has 6 heteroatoms. The number of aryl methyl sites for hydroxylation is 1. The molecule has 1 atom stereocenters. The van der Waals surface area contributed by atoms with Gasteiger partial charge in [0.15, 0.2) is 0 Å². The molecule has 32 heavy (non-hydrogen) atoms. The van der Waals surface area contributed by atoms with E-state index in [1.54, 1.807) is 49.6 Å². The van der Waals surface area contributed by atoms with E-state index in [1.165, 1.54) is 0 Å². The second kappa shape index (κ2) is 11.6. The van der Waals surface area contributed by atoms with E-state index in [9.17, 15) is 9.59 Å². The van der Waals surface area contributed by atoms with E-state index in [0.717, 1.165) is 5.56 Å². The highest BCUT2D eigenvalue weighted by molar-refractivity contribution is 5.97. The van der Waals surface area contributed by atoms with Crippen LogP contribution in [0.1, 0.15) is 30.6 Å². The predicted molar refractivity (Wildman–Crippen MR) is 123 cm³/mol. The second-order valence-corrected chi connectivity index (χ2v) is 7.01. The van der Waals surface area contributed by atoms with Crippen molar-refractivity contribution in [2.75, 3.05) is 19.0 Å². The fraction of sp³-hybridized carbons (Fsp3) is 0.231. The summed E-state index contributed by atoms with van der Waals surface area (Å²) in [7, 11) is 1.59. The van der Waals surface area contributed by atoms with Gasteiger partial charge in [-0.25, -0.2) is 0 Å². The van der Waals surface area contributed by atoms with Gasteiger partial charge < -0.3 is 19.5 Å². The molecule has 0 aliphatic carbocycles. The number of para-hydroxylation sites is 3. The van der Waals surface area contributed by atoms with Gasteiger partial charge in [-0.2, -0.15) is 0 Å². The molecule has 3 rings (SSSR count). The number of anilines is 1. The van der Waals surface area contributed by atoms with Gasteiger partial charge in [0.2, 0.25) is 6.10 Å². The quantitative estimate of drug-likeness (QED) is 0.458. The topological polar surface area (TPSA) is 73.9 Å². The maximum absolute atomic E-state index is 13.1. The Bertz CT molecular complexity index is 1040. The van der Waals surface area contributed by atoms with Crippen LogP contribution in [0, 0.1) is 0 Å². The highest BCUT2D eigenvalue weighted by Crippen LogP contribution is 2.27. The normalized spacial score (nSPS) is 11.3. The number of rotatable bonds is 10. The summed E-state index contributed by atoms with van der Waals surface area (Å²) in [5.41, 5.74) is 2.01.